The molecule has 0 bridgehead atoms. The van der Waals surface area contributed by atoms with Gasteiger partial charge in [0.2, 0.25) is 0 Å². The molecule has 2 aromatic heterocycles. The number of amides is 1. The maximum Gasteiger partial charge on any atom is 0.301 e. The number of hydrogen-bond acceptors (Lipinski definition) is 4. The molecule has 8 nitrogen and oxygen atoms in total. The largest absolute Gasteiger partial charge is 0.301 e. The molecule has 0 saturated heterocycles. The molecule has 3 aromatic rings. The molecule has 0 unspecified atom stereocenters. The number of hydrogen-bond donors (Lipinski definition) is 2. The van der Waals surface area contributed by atoms with Gasteiger partial charge in [0.1, 0.15) is 11.6 Å². The van der Waals surface area contributed by atoms with Gasteiger partial charge in [0.15, 0.2) is 0 Å². The number of nitrogens with one attached hydrogen (secondary N) is 2. The van der Waals surface area contributed by atoms with Crippen molar-refractivity contribution in [2.75, 3.05) is 6.54 Å². The van der Waals surface area contributed by atoms with Crippen LogP contribution in [0.25, 0.3) is 22.8 Å². The van der Waals surface area contributed by atoms with E-state index >= 15 is 0 Å². The summed E-state index contributed by atoms with van der Waals surface area (Å²) in [6.45, 7) is 2.12. The van der Waals surface area contributed by atoms with E-state index in [1.54, 1.807) is 37.0 Å². The first kappa shape index (κ1) is 20.3. The van der Waals surface area contributed by atoms with Crippen LogP contribution in [-0.2, 0) is 22.1 Å². The number of carbonyl (C=O) groups is 1. The molecule has 0 spiro atoms. The molecule has 2 heterocycles. The van der Waals surface area contributed by atoms with Crippen LogP contribution in [0.2, 0.25) is 0 Å². The molecule has 1 amide bonds. The van der Waals surface area contributed by atoms with Crippen molar-refractivity contribution in [3.8, 4) is 5.82 Å². The van der Waals surface area contributed by atoms with E-state index in [1.165, 1.54) is 18.2 Å². The average Bonchev–Trinajstić information content (AvgIpc) is 3.35. The van der Waals surface area contributed by atoms with Gasteiger partial charge < -0.3 is 4.57 Å². The first-order chi connectivity index (χ1) is 14.2. The van der Waals surface area contributed by atoms with Crippen molar-refractivity contribution in [3.63, 3.8) is 0 Å². The third kappa shape index (κ3) is 4.29. The smallest absolute Gasteiger partial charge is 0.301 e. The average molecular weight is 431 g/mol. The summed E-state index contributed by atoms with van der Waals surface area (Å²) in [4.78, 5) is 12.2. The maximum atomic E-state index is 13.5. The third-order valence-electron chi connectivity index (χ3n) is 5.01. The zero-order chi connectivity index (χ0) is 21.5. The Labute approximate surface area is 173 Å². The quantitative estimate of drug-likeness (QED) is 0.561. The second kappa shape index (κ2) is 7.69. The van der Waals surface area contributed by atoms with Crippen LogP contribution in [0, 0.1) is 18.7 Å². The second-order valence-electron chi connectivity index (χ2n) is 7.43. The van der Waals surface area contributed by atoms with Crippen LogP contribution in [-0.4, -0.2) is 35.2 Å². The van der Waals surface area contributed by atoms with Gasteiger partial charge in [-0.25, -0.2) is 9.11 Å². The monoisotopic (exact) mass is 431 g/mol. The zero-order valence-corrected chi connectivity index (χ0v) is 17.4. The Balaban J connectivity index is 1.59. The van der Waals surface area contributed by atoms with Crippen molar-refractivity contribution in [1.82, 2.24) is 23.8 Å². The van der Waals surface area contributed by atoms with E-state index in [2.05, 4.69) is 9.82 Å². The minimum atomic E-state index is -3.89. The Morgan fingerprint density at radius 2 is 2.10 bits per heavy atom. The van der Waals surface area contributed by atoms with Crippen LogP contribution in [0.15, 0.2) is 36.5 Å². The van der Waals surface area contributed by atoms with E-state index < -0.39 is 16.1 Å². The van der Waals surface area contributed by atoms with Crippen molar-refractivity contribution in [1.29, 1.82) is 0 Å². The molecule has 0 aliphatic heterocycles. The first-order valence-corrected chi connectivity index (χ1v) is 11.0. The zero-order valence-electron chi connectivity index (χ0n) is 16.6. The van der Waals surface area contributed by atoms with Gasteiger partial charge >= 0.3 is 10.2 Å². The van der Waals surface area contributed by atoms with Gasteiger partial charge in [-0.1, -0.05) is 0 Å². The normalized spacial score (nSPS) is 14.6. The van der Waals surface area contributed by atoms with Crippen molar-refractivity contribution >= 4 is 33.1 Å². The predicted octanol–water partition coefficient (Wildman–Crippen LogP) is 2.19. The summed E-state index contributed by atoms with van der Waals surface area (Å²) in [5.41, 5.74) is 2.10. The molecular formula is C20H22FN5O3S. The molecule has 4 rings (SSSR count). The first-order valence-electron chi connectivity index (χ1n) is 9.53. The number of carbonyl (C=O) groups excluding carboxylic acids is 1. The SMILES string of the molecule is Cc1nn(C)c(-n2ccc3cc(F)ccc32)c1C=CC(=O)NS(=O)(=O)NCC1CC1. The number of aryl methyl sites for hydroxylation is 2. The Bertz CT molecular complexity index is 1250. The molecule has 1 fully saturated rings. The lowest BCUT2D eigenvalue weighted by Crippen LogP contribution is -2.40. The molecule has 1 aliphatic carbocycles. The van der Waals surface area contributed by atoms with Crippen LogP contribution < -0.4 is 9.44 Å². The Morgan fingerprint density at radius 3 is 2.83 bits per heavy atom. The molecule has 1 aliphatic rings. The van der Waals surface area contributed by atoms with Crippen LogP contribution in [0.5, 0.6) is 0 Å². The Kier molecular flexibility index (Phi) is 5.20. The molecule has 0 atom stereocenters. The highest BCUT2D eigenvalue weighted by molar-refractivity contribution is 7.88. The molecular weight excluding hydrogens is 409 g/mol. The van der Waals surface area contributed by atoms with Crippen molar-refractivity contribution < 1.29 is 17.6 Å². The van der Waals surface area contributed by atoms with Gasteiger partial charge in [-0.05, 0) is 56.0 Å². The summed E-state index contributed by atoms with van der Waals surface area (Å²) >= 11 is 0. The fourth-order valence-corrected chi connectivity index (χ4v) is 4.21. The standard InChI is InChI=1S/C20H22FN5O3S/c1-13-17(6-8-19(27)24-30(28,29)22-12-14-3-4-14)20(25(2)23-13)26-10-9-15-11-16(21)5-7-18(15)26/h5-11,14,22H,3-4,12H2,1-2H3,(H,24,27). The Hall–Kier alpha value is -2.98. The van der Waals surface area contributed by atoms with Gasteiger partial charge in [-0.2, -0.15) is 18.2 Å². The summed E-state index contributed by atoms with van der Waals surface area (Å²) in [6.07, 6.45) is 6.48. The lowest BCUT2D eigenvalue weighted by molar-refractivity contribution is -0.114. The summed E-state index contributed by atoms with van der Waals surface area (Å²) in [6, 6.07) is 6.28. The van der Waals surface area contributed by atoms with E-state index in [1.807, 2.05) is 9.29 Å². The van der Waals surface area contributed by atoms with E-state index in [0.29, 0.717) is 29.5 Å². The van der Waals surface area contributed by atoms with Crippen LogP contribution >= 0.6 is 0 Å². The van der Waals surface area contributed by atoms with E-state index in [9.17, 15) is 17.6 Å². The van der Waals surface area contributed by atoms with Gasteiger partial charge in [-0.15, -0.1) is 0 Å². The summed E-state index contributed by atoms with van der Waals surface area (Å²) in [5, 5.41) is 5.14. The van der Waals surface area contributed by atoms with Crippen LogP contribution in [0.3, 0.4) is 0 Å². The number of benzene rings is 1. The lowest BCUT2D eigenvalue weighted by atomic mass is 10.2. The summed E-state index contributed by atoms with van der Waals surface area (Å²) in [5.74, 6) is -0.0489. The molecule has 10 heteroatoms. The van der Waals surface area contributed by atoms with E-state index in [0.717, 1.165) is 29.8 Å². The van der Waals surface area contributed by atoms with E-state index in [-0.39, 0.29) is 5.82 Å². The minimum absolute atomic E-state index is 0.324. The molecule has 1 saturated carbocycles. The number of rotatable bonds is 7. The molecule has 2 N–H and O–H groups in total. The number of halogens is 1. The molecule has 0 radical (unpaired) electrons. The topological polar surface area (TPSA) is 98.0 Å². The molecule has 30 heavy (non-hydrogen) atoms. The maximum absolute atomic E-state index is 13.5. The van der Waals surface area contributed by atoms with Crippen molar-refractivity contribution in [3.05, 3.63) is 53.6 Å². The summed E-state index contributed by atoms with van der Waals surface area (Å²) in [7, 11) is -2.13. The number of fused-ring (bicyclic) bond motifs is 1. The Morgan fingerprint density at radius 1 is 1.33 bits per heavy atom. The fourth-order valence-electron chi connectivity index (χ4n) is 3.35. The fraction of sp³-hybridized carbons (Fsp3) is 0.300. The second-order valence-corrected chi connectivity index (χ2v) is 8.93. The van der Waals surface area contributed by atoms with Gasteiger partial charge in [0, 0.05) is 36.8 Å². The number of nitrogens with zero attached hydrogens (tertiary/aromatic N) is 3. The molecule has 158 valence electrons. The number of aromatic nitrogens is 3. The summed E-state index contributed by atoms with van der Waals surface area (Å²) < 4.78 is 45.3. The highest BCUT2D eigenvalue weighted by Gasteiger charge is 2.24. The minimum Gasteiger partial charge on any atom is -0.301 e. The van der Waals surface area contributed by atoms with E-state index in [4.69, 9.17) is 0 Å². The van der Waals surface area contributed by atoms with Gasteiger partial charge in [0.05, 0.1) is 11.2 Å². The van der Waals surface area contributed by atoms with Crippen LogP contribution in [0.4, 0.5) is 4.39 Å². The van der Waals surface area contributed by atoms with Gasteiger partial charge in [0.25, 0.3) is 5.91 Å². The van der Waals surface area contributed by atoms with Gasteiger partial charge in [-0.3, -0.25) is 9.48 Å². The van der Waals surface area contributed by atoms with Crippen LogP contribution in [0.1, 0.15) is 24.1 Å². The predicted molar refractivity (Wildman–Crippen MR) is 112 cm³/mol. The lowest BCUT2D eigenvalue weighted by Gasteiger charge is -2.08. The third-order valence-corrected chi connectivity index (χ3v) is 6.03. The highest BCUT2D eigenvalue weighted by atomic mass is 32.2. The highest BCUT2D eigenvalue weighted by Crippen LogP contribution is 2.28. The van der Waals surface area contributed by atoms with Crippen molar-refractivity contribution in [2.45, 2.75) is 19.8 Å². The molecule has 1 aromatic carbocycles. The van der Waals surface area contributed by atoms with Crippen molar-refractivity contribution in [2.24, 2.45) is 13.0 Å².